The fourth-order valence-electron chi connectivity index (χ4n) is 2.28. The Kier molecular flexibility index (Phi) is 6.48. The Morgan fingerprint density at radius 3 is 2.74 bits per heavy atom. The van der Waals surface area contributed by atoms with E-state index in [0.717, 1.165) is 29.0 Å². The van der Waals surface area contributed by atoms with Crippen molar-refractivity contribution in [1.29, 1.82) is 0 Å². The highest BCUT2D eigenvalue weighted by Crippen LogP contribution is 2.16. The Labute approximate surface area is 142 Å². The van der Waals surface area contributed by atoms with Crippen molar-refractivity contribution in [2.45, 2.75) is 32.8 Å². The predicted molar refractivity (Wildman–Crippen MR) is 94.1 cm³/mol. The van der Waals surface area contributed by atoms with Crippen LogP contribution in [0.25, 0.3) is 0 Å². The summed E-state index contributed by atoms with van der Waals surface area (Å²) in [5.74, 6) is 0.606. The standard InChI is InChI=1S/C19H22ClNO2/c1-14-7-5-10-17(13-14)23-15(2)19(22)21-12-6-9-16-8-3-4-11-18(16)20/h3-5,7-8,10-11,13,15H,6,9,12H2,1-2H3,(H,21,22)/t15-/m0/s1. The molecule has 2 rings (SSSR count). The lowest BCUT2D eigenvalue weighted by Gasteiger charge is -2.15. The van der Waals surface area contributed by atoms with Crippen LogP contribution in [0.3, 0.4) is 0 Å². The van der Waals surface area contributed by atoms with Crippen LogP contribution in [-0.2, 0) is 11.2 Å². The third-order valence-electron chi connectivity index (χ3n) is 3.55. The number of hydrogen-bond acceptors (Lipinski definition) is 2. The predicted octanol–water partition coefficient (Wildman–Crippen LogP) is 4.16. The van der Waals surface area contributed by atoms with Gasteiger partial charge in [0.15, 0.2) is 6.10 Å². The van der Waals surface area contributed by atoms with Crippen LogP contribution in [0, 0.1) is 6.92 Å². The molecule has 0 spiro atoms. The number of aryl methyl sites for hydroxylation is 2. The van der Waals surface area contributed by atoms with Crippen LogP contribution < -0.4 is 10.1 Å². The van der Waals surface area contributed by atoms with E-state index < -0.39 is 6.10 Å². The van der Waals surface area contributed by atoms with Crippen LogP contribution >= 0.6 is 11.6 Å². The maximum absolute atomic E-state index is 12.0. The molecule has 2 aromatic carbocycles. The van der Waals surface area contributed by atoms with Crippen molar-refractivity contribution in [2.75, 3.05) is 6.54 Å². The minimum absolute atomic E-state index is 0.106. The van der Waals surface area contributed by atoms with Gasteiger partial charge in [0.25, 0.3) is 5.91 Å². The zero-order valence-electron chi connectivity index (χ0n) is 13.5. The number of carbonyl (C=O) groups is 1. The van der Waals surface area contributed by atoms with Crippen molar-refractivity contribution in [2.24, 2.45) is 0 Å². The Morgan fingerprint density at radius 2 is 2.00 bits per heavy atom. The summed E-state index contributed by atoms with van der Waals surface area (Å²) in [7, 11) is 0. The fraction of sp³-hybridized carbons (Fsp3) is 0.316. The topological polar surface area (TPSA) is 38.3 Å². The second-order valence-electron chi connectivity index (χ2n) is 5.56. The lowest BCUT2D eigenvalue weighted by atomic mass is 10.1. The monoisotopic (exact) mass is 331 g/mol. The van der Waals surface area contributed by atoms with E-state index in [9.17, 15) is 4.79 Å². The number of ether oxygens (including phenoxy) is 1. The molecular weight excluding hydrogens is 310 g/mol. The maximum Gasteiger partial charge on any atom is 0.260 e. The third kappa shape index (κ3) is 5.61. The molecule has 2 aromatic rings. The summed E-state index contributed by atoms with van der Waals surface area (Å²) in [6.45, 7) is 4.35. The van der Waals surface area contributed by atoms with Gasteiger partial charge in [0.2, 0.25) is 0 Å². The molecule has 0 aliphatic rings. The van der Waals surface area contributed by atoms with Crippen molar-refractivity contribution in [1.82, 2.24) is 5.32 Å². The van der Waals surface area contributed by atoms with Crippen LogP contribution in [0.15, 0.2) is 48.5 Å². The van der Waals surface area contributed by atoms with Gasteiger partial charge in [0.1, 0.15) is 5.75 Å². The zero-order chi connectivity index (χ0) is 16.7. The number of amides is 1. The first-order valence-corrected chi connectivity index (χ1v) is 8.18. The van der Waals surface area contributed by atoms with Gasteiger partial charge in [-0.3, -0.25) is 4.79 Å². The molecule has 3 nitrogen and oxygen atoms in total. The lowest BCUT2D eigenvalue weighted by molar-refractivity contribution is -0.127. The van der Waals surface area contributed by atoms with Crippen LogP contribution in [0.1, 0.15) is 24.5 Å². The van der Waals surface area contributed by atoms with Crippen LogP contribution in [0.4, 0.5) is 0 Å². The molecule has 1 atom stereocenters. The molecule has 23 heavy (non-hydrogen) atoms. The summed E-state index contributed by atoms with van der Waals surface area (Å²) in [5.41, 5.74) is 2.21. The number of hydrogen-bond donors (Lipinski definition) is 1. The van der Waals surface area contributed by atoms with E-state index in [1.165, 1.54) is 0 Å². The van der Waals surface area contributed by atoms with Crippen molar-refractivity contribution in [3.05, 3.63) is 64.7 Å². The summed E-state index contributed by atoms with van der Waals surface area (Å²) >= 11 is 6.11. The molecule has 1 amide bonds. The van der Waals surface area contributed by atoms with E-state index in [-0.39, 0.29) is 5.91 Å². The minimum Gasteiger partial charge on any atom is -0.481 e. The Bertz CT molecular complexity index is 657. The van der Waals surface area contributed by atoms with Crippen LogP contribution in [0.2, 0.25) is 5.02 Å². The number of benzene rings is 2. The van der Waals surface area contributed by atoms with E-state index in [4.69, 9.17) is 16.3 Å². The van der Waals surface area contributed by atoms with E-state index in [1.807, 2.05) is 55.5 Å². The van der Waals surface area contributed by atoms with E-state index in [2.05, 4.69) is 5.32 Å². The second kappa shape index (κ2) is 8.59. The van der Waals surface area contributed by atoms with E-state index in [1.54, 1.807) is 6.92 Å². The van der Waals surface area contributed by atoms with Gasteiger partial charge in [0, 0.05) is 11.6 Å². The molecule has 0 saturated heterocycles. The van der Waals surface area contributed by atoms with Gasteiger partial charge in [-0.15, -0.1) is 0 Å². The van der Waals surface area contributed by atoms with Gasteiger partial charge in [-0.1, -0.05) is 41.9 Å². The summed E-state index contributed by atoms with van der Waals surface area (Å²) in [6.07, 6.45) is 1.16. The number of carbonyl (C=O) groups excluding carboxylic acids is 1. The van der Waals surface area contributed by atoms with Crippen LogP contribution in [0.5, 0.6) is 5.75 Å². The molecule has 4 heteroatoms. The molecule has 0 fully saturated rings. The maximum atomic E-state index is 12.0. The van der Waals surface area contributed by atoms with Crippen molar-refractivity contribution >= 4 is 17.5 Å². The zero-order valence-corrected chi connectivity index (χ0v) is 14.3. The molecule has 0 unspecified atom stereocenters. The lowest BCUT2D eigenvalue weighted by Crippen LogP contribution is -2.36. The molecule has 1 N–H and O–H groups in total. The Morgan fingerprint density at radius 1 is 1.22 bits per heavy atom. The number of halogens is 1. The first-order chi connectivity index (χ1) is 11.1. The first kappa shape index (κ1) is 17.4. The SMILES string of the molecule is Cc1cccc(O[C@@H](C)C(=O)NCCCc2ccccc2Cl)c1. The normalized spacial score (nSPS) is 11.8. The van der Waals surface area contributed by atoms with Gasteiger partial charge in [-0.05, 0) is 56.0 Å². The first-order valence-electron chi connectivity index (χ1n) is 7.80. The van der Waals surface area contributed by atoms with E-state index >= 15 is 0 Å². The molecule has 0 aliphatic carbocycles. The largest absolute Gasteiger partial charge is 0.481 e. The summed E-state index contributed by atoms with van der Waals surface area (Å²) < 4.78 is 5.66. The number of nitrogens with one attached hydrogen (secondary N) is 1. The average molecular weight is 332 g/mol. The highest BCUT2D eigenvalue weighted by atomic mass is 35.5. The second-order valence-corrected chi connectivity index (χ2v) is 5.97. The van der Waals surface area contributed by atoms with Crippen molar-refractivity contribution in [3.63, 3.8) is 0 Å². The van der Waals surface area contributed by atoms with Crippen LogP contribution in [-0.4, -0.2) is 18.6 Å². The van der Waals surface area contributed by atoms with Gasteiger partial charge in [0.05, 0.1) is 0 Å². The summed E-state index contributed by atoms with van der Waals surface area (Å²) in [5, 5.41) is 3.67. The van der Waals surface area contributed by atoms with Gasteiger partial charge in [-0.2, -0.15) is 0 Å². The highest BCUT2D eigenvalue weighted by Gasteiger charge is 2.14. The summed E-state index contributed by atoms with van der Waals surface area (Å²) in [4.78, 5) is 12.0. The van der Waals surface area contributed by atoms with Crippen molar-refractivity contribution < 1.29 is 9.53 Å². The molecule has 0 aromatic heterocycles. The molecular formula is C19H22ClNO2. The van der Waals surface area contributed by atoms with Crippen molar-refractivity contribution in [3.8, 4) is 5.75 Å². The average Bonchev–Trinajstić information content (AvgIpc) is 2.53. The molecule has 0 saturated carbocycles. The molecule has 0 radical (unpaired) electrons. The third-order valence-corrected chi connectivity index (χ3v) is 3.92. The Hall–Kier alpha value is -2.00. The minimum atomic E-state index is -0.517. The molecule has 0 aliphatic heterocycles. The van der Waals surface area contributed by atoms with Gasteiger partial charge in [-0.25, -0.2) is 0 Å². The molecule has 122 valence electrons. The quantitative estimate of drug-likeness (QED) is 0.773. The van der Waals surface area contributed by atoms with E-state index in [0.29, 0.717) is 12.3 Å². The molecule has 0 bridgehead atoms. The van der Waals surface area contributed by atoms with Gasteiger partial charge < -0.3 is 10.1 Å². The van der Waals surface area contributed by atoms with Gasteiger partial charge >= 0.3 is 0 Å². The Balaban J connectivity index is 1.73. The fourth-order valence-corrected chi connectivity index (χ4v) is 2.51. The highest BCUT2D eigenvalue weighted by molar-refractivity contribution is 6.31. The number of rotatable bonds is 7. The summed E-state index contributed by atoms with van der Waals surface area (Å²) in [6, 6.07) is 15.5. The molecule has 0 heterocycles. The smallest absolute Gasteiger partial charge is 0.260 e.